The van der Waals surface area contributed by atoms with Crippen molar-refractivity contribution in [3.8, 4) is 50.2 Å². The standard InChI is InChI=1S/C61H44N2/c1-61(2)54-28-12-9-25-51(54)52-37-36-48(40-55(52)61)62(56-29-13-10-24-49(56)43-19-7-4-8-20-43)46-22-16-23-47(39-46)63-57-30-14-11-26-53(57)60-58(63)38-35-45-21-15-27-50(59(45)60)44-33-31-42(32-34-44)41-17-5-3-6-18-41/h3-40H,1-2H3. The van der Waals surface area contributed by atoms with Crippen LogP contribution in [0.2, 0.25) is 0 Å². The maximum absolute atomic E-state index is 2.46. The van der Waals surface area contributed by atoms with E-state index in [-0.39, 0.29) is 5.41 Å². The lowest BCUT2D eigenvalue weighted by Crippen LogP contribution is -2.17. The molecule has 2 nitrogen and oxygen atoms in total. The minimum absolute atomic E-state index is 0.136. The fraction of sp³-hybridized carbons (Fsp3) is 0.0492. The molecule has 12 rings (SSSR count). The molecule has 0 saturated carbocycles. The van der Waals surface area contributed by atoms with Gasteiger partial charge < -0.3 is 9.47 Å². The highest BCUT2D eigenvalue weighted by molar-refractivity contribution is 6.25. The van der Waals surface area contributed by atoms with Crippen molar-refractivity contribution in [2.24, 2.45) is 0 Å². The lowest BCUT2D eigenvalue weighted by atomic mass is 9.82. The Labute approximate surface area is 368 Å². The van der Waals surface area contributed by atoms with E-state index in [0.717, 1.165) is 22.7 Å². The second-order valence-corrected chi connectivity index (χ2v) is 17.3. The Balaban J connectivity index is 1.06. The van der Waals surface area contributed by atoms with E-state index in [0.29, 0.717) is 0 Å². The van der Waals surface area contributed by atoms with Gasteiger partial charge in [-0.1, -0.05) is 196 Å². The molecule has 0 amide bonds. The molecule has 0 aliphatic heterocycles. The van der Waals surface area contributed by atoms with E-state index >= 15 is 0 Å². The summed E-state index contributed by atoms with van der Waals surface area (Å²) in [6.45, 7) is 4.73. The zero-order valence-electron chi connectivity index (χ0n) is 35.3. The summed E-state index contributed by atoms with van der Waals surface area (Å²) in [4.78, 5) is 2.46. The summed E-state index contributed by atoms with van der Waals surface area (Å²) in [5, 5.41) is 5.01. The van der Waals surface area contributed by atoms with Crippen LogP contribution < -0.4 is 4.90 Å². The van der Waals surface area contributed by atoms with Crippen LogP contribution in [0.15, 0.2) is 231 Å². The maximum atomic E-state index is 2.46. The molecule has 0 saturated heterocycles. The summed E-state index contributed by atoms with van der Waals surface area (Å²) in [5.74, 6) is 0. The predicted octanol–water partition coefficient (Wildman–Crippen LogP) is 16.7. The number of benzene rings is 10. The van der Waals surface area contributed by atoms with Crippen LogP contribution in [0.25, 0.3) is 82.8 Å². The number of anilines is 3. The molecule has 1 aromatic heterocycles. The lowest BCUT2D eigenvalue weighted by molar-refractivity contribution is 0.660. The Morgan fingerprint density at radius 3 is 1.79 bits per heavy atom. The van der Waals surface area contributed by atoms with Crippen molar-refractivity contribution in [3.63, 3.8) is 0 Å². The first-order valence-electron chi connectivity index (χ1n) is 21.9. The van der Waals surface area contributed by atoms with Gasteiger partial charge in [0.1, 0.15) is 0 Å². The fourth-order valence-electron chi connectivity index (χ4n) is 10.4. The minimum atomic E-state index is -0.136. The van der Waals surface area contributed by atoms with Gasteiger partial charge in [-0.15, -0.1) is 0 Å². The van der Waals surface area contributed by atoms with Gasteiger partial charge in [0.2, 0.25) is 0 Å². The van der Waals surface area contributed by atoms with Crippen molar-refractivity contribution in [1.82, 2.24) is 4.57 Å². The van der Waals surface area contributed by atoms with Crippen molar-refractivity contribution < 1.29 is 0 Å². The molecule has 0 radical (unpaired) electrons. The average Bonchev–Trinajstić information content (AvgIpc) is 3.80. The van der Waals surface area contributed by atoms with Gasteiger partial charge in [0.05, 0.1) is 16.7 Å². The Hall–Kier alpha value is -7.94. The molecule has 2 heteroatoms. The van der Waals surface area contributed by atoms with Crippen LogP contribution in [0.3, 0.4) is 0 Å². The molecule has 1 aliphatic carbocycles. The highest BCUT2D eigenvalue weighted by Crippen LogP contribution is 2.51. The number of rotatable bonds is 7. The molecule has 0 unspecified atom stereocenters. The van der Waals surface area contributed by atoms with Gasteiger partial charge in [-0.25, -0.2) is 0 Å². The average molecular weight is 805 g/mol. The maximum Gasteiger partial charge on any atom is 0.0547 e. The summed E-state index contributed by atoms with van der Waals surface area (Å²) >= 11 is 0. The molecule has 63 heavy (non-hydrogen) atoms. The molecule has 0 spiro atoms. The first-order chi connectivity index (χ1) is 31.0. The molecule has 1 heterocycles. The Morgan fingerprint density at radius 2 is 0.968 bits per heavy atom. The van der Waals surface area contributed by atoms with Crippen LogP contribution in [-0.2, 0) is 5.41 Å². The van der Waals surface area contributed by atoms with E-state index in [9.17, 15) is 0 Å². The molecule has 0 atom stereocenters. The van der Waals surface area contributed by atoms with E-state index in [1.54, 1.807) is 0 Å². The van der Waals surface area contributed by atoms with Crippen LogP contribution >= 0.6 is 0 Å². The topological polar surface area (TPSA) is 8.17 Å². The van der Waals surface area contributed by atoms with Gasteiger partial charge in [0.15, 0.2) is 0 Å². The fourth-order valence-corrected chi connectivity index (χ4v) is 10.4. The SMILES string of the molecule is CC1(C)c2ccccc2-c2ccc(N(c3cccc(-n4c5ccccc5c5c6c(-c7ccc(-c8ccccc8)cc7)cccc6ccc54)c3)c3ccccc3-c3ccccc3)cc21. The highest BCUT2D eigenvalue weighted by atomic mass is 15.1. The van der Waals surface area contributed by atoms with Crippen molar-refractivity contribution in [2.75, 3.05) is 4.90 Å². The monoisotopic (exact) mass is 804 g/mol. The Kier molecular flexibility index (Phi) is 8.55. The number of nitrogens with zero attached hydrogens (tertiary/aromatic N) is 2. The normalized spacial score (nSPS) is 12.7. The predicted molar refractivity (Wildman–Crippen MR) is 267 cm³/mol. The van der Waals surface area contributed by atoms with Crippen LogP contribution in [0.4, 0.5) is 17.1 Å². The van der Waals surface area contributed by atoms with E-state index < -0.39 is 0 Å². The molecular weight excluding hydrogens is 761 g/mol. The third-order valence-electron chi connectivity index (χ3n) is 13.4. The van der Waals surface area contributed by atoms with Crippen LogP contribution in [0.5, 0.6) is 0 Å². The van der Waals surface area contributed by atoms with E-state index in [4.69, 9.17) is 0 Å². The van der Waals surface area contributed by atoms with Crippen LogP contribution in [0, 0.1) is 0 Å². The zero-order valence-corrected chi connectivity index (χ0v) is 35.3. The Bertz CT molecular complexity index is 3520. The smallest absolute Gasteiger partial charge is 0.0547 e. The van der Waals surface area contributed by atoms with Gasteiger partial charge in [-0.2, -0.15) is 0 Å². The van der Waals surface area contributed by atoms with Gasteiger partial charge in [0, 0.05) is 38.8 Å². The zero-order chi connectivity index (χ0) is 42.1. The highest BCUT2D eigenvalue weighted by Gasteiger charge is 2.36. The second kappa shape index (κ2) is 14.6. The number of hydrogen-bond acceptors (Lipinski definition) is 1. The summed E-state index contributed by atoms with van der Waals surface area (Å²) in [6, 6.07) is 84.6. The van der Waals surface area contributed by atoms with Crippen molar-refractivity contribution in [3.05, 3.63) is 242 Å². The van der Waals surface area contributed by atoms with E-state index in [1.165, 1.54) is 88.2 Å². The number of aromatic nitrogens is 1. The number of hydrogen-bond donors (Lipinski definition) is 0. The summed E-state index contributed by atoms with van der Waals surface area (Å²) < 4.78 is 2.46. The molecule has 0 fully saturated rings. The van der Waals surface area contributed by atoms with Crippen molar-refractivity contribution >= 4 is 49.6 Å². The third kappa shape index (κ3) is 5.94. The molecule has 11 aromatic rings. The number of fused-ring (bicyclic) bond motifs is 8. The molecule has 10 aromatic carbocycles. The quantitative estimate of drug-likeness (QED) is 0.156. The number of para-hydroxylation sites is 2. The van der Waals surface area contributed by atoms with E-state index in [2.05, 4.69) is 254 Å². The van der Waals surface area contributed by atoms with Crippen LogP contribution in [0.1, 0.15) is 25.0 Å². The van der Waals surface area contributed by atoms with Crippen molar-refractivity contribution in [2.45, 2.75) is 19.3 Å². The molecule has 1 aliphatic rings. The first kappa shape index (κ1) is 36.9. The lowest BCUT2D eigenvalue weighted by Gasteiger charge is -2.30. The summed E-state index contributed by atoms with van der Waals surface area (Å²) in [6.07, 6.45) is 0. The van der Waals surface area contributed by atoms with Gasteiger partial charge in [-0.05, 0) is 109 Å². The molecular formula is C61H44N2. The van der Waals surface area contributed by atoms with Gasteiger partial charge in [-0.3, -0.25) is 0 Å². The first-order valence-corrected chi connectivity index (χ1v) is 21.9. The molecule has 0 bridgehead atoms. The van der Waals surface area contributed by atoms with Gasteiger partial charge >= 0.3 is 0 Å². The molecule has 0 N–H and O–H groups in total. The van der Waals surface area contributed by atoms with Crippen molar-refractivity contribution in [1.29, 1.82) is 0 Å². The molecule has 298 valence electrons. The minimum Gasteiger partial charge on any atom is -0.310 e. The van der Waals surface area contributed by atoms with Gasteiger partial charge in [0.25, 0.3) is 0 Å². The van der Waals surface area contributed by atoms with Crippen LogP contribution in [-0.4, -0.2) is 4.57 Å². The second-order valence-electron chi connectivity index (χ2n) is 17.3. The summed E-state index contributed by atoms with van der Waals surface area (Å²) in [5.41, 5.74) is 19.3. The summed E-state index contributed by atoms with van der Waals surface area (Å²) in [7, 11) is 0. The van der Waals surface area contributed by atoms with E-state index in [1.807, 2.05) is 0 Å². The largest absolute Gasteiger partial charge is 0.310 e. The Morgan fingerprint density at radius 1 is 0.365 bits per heavy atom. The third-order valence-corrected chi connectivity index (χ3v) is 13.4.